The molecule has 2 heterocycles. The average molecular weight is 465 g/mol. The van der Waals surface area contributed by atoms with Gasteiger partial charge in [-0.05, 0) is 42.3 Å². The number of carbonyl (C=O) groups excluding carboxylic acids is 2. The lowest BCUT2D eigenvalue weighted by atomic mass is 9.83. The van der Waals surface area contributed by atoms with E-state index in [1.165, 1.54) is 54.6 Å². The van der Waals surface area contributed by atoms with Gasteiger partial charge in [-0.15, -0.1) is 0 Å². The van der Waals surface area contributed by atoms with E-state index in [4.69, 9.17) is 10.5 Å². The molecule has 0 bridgehead atoms. The number of nitriles is 1. The van der Waals surface area contributed by atoms with Crippen molar-refractivity contribution in [2.75, 3.05) is 6.61 Å². The summed E-state index contributed by atoms with van der Waals surface area (Å²) in [4.78, 5) is 27.8. The SMILES string of the molecule is CCOC(=O)C1=C2SC(c3ccc(F)cc3)=CC(=O)N2C(N)=C(C#N)C1c1ccc(F)cc1. The minimum absolute atomic E-state index is 0.0269. The lowest BCUT2D eigenvalue weighted by molar-refractivity contribution is -0.138. The summed E-state index contributed by atoms with van der Waals surface area (Å²) in [5.41, 5.74) is 7.27. The smallest absolute Gasteiger partial charge is 0.337 e. The number of thioether (sulfide) groups is 1. The number of fused-ring (bicyclic) bond motifs is 1. The zero-order valence-corrected chi connectivity index (χ0v) is 18.2. The summed E-state index contributed by atoms with van der Waals surface area (Å²) in [5, 5.41) is 10.1. The predicted molar refractivity (Wildman–Crippen MR) is 118 cm³/mol. The van der Waals surface area contributed by atoms with Crippen LogP contribution in [-0.4, -0.2) is 23.4 Å². The van der Waals surface area contributed by atoms with Crippen molar-refractivity contribution >= 4 is 28.5 Å². The van der Waals surface area contributed by atoms with Crippen molar-refractivity contribution in [3.05, 3.63) is 99.4 Å². The molecule has 166 valence electrons. The first-order valence-corrected chi connectivity index (χ1v) is 10.7. The molecule has 9 heteroatoms. The molecule has 0 saturated carbocycles. The number of benzene rings is 2. The zero-order chi connectivity index (χ0) is 23.7. The van der Waals surface area contributed by atoms with Gasteiger partial charge < -0.3 is 10.5 Å². The Morgan fingerprint density at radius 2 is 1.76 bits per heavy atom. The van der Waals surface area contributed by atoms with E-state index < -0.39 is 29.4 Å². The zero-order valence-electron chi connectivity index (χ0n) is 17.3. The maximum Gasteiger partial charge on any atom is 0.337 e. The summed E-state index contributed by atoms with van der Waals surface area (Å²) in [6.45, 7) is 1.70. The fourth-order valence-electron chi connectivity index (χ4n) is 3.68. The molecule has 4 rings (SSSR count). The molecule has 33 heavy (non-hydrogen) atoms. The number of allylic oxidation sites excluding steroid dienone is 1. The first-order chi connectivity index (χ1) is 15.8. The van der Waals surface area contributed by atoms with Gasteiger partial charge in [-0.3, -0.25) is 9.69 Å². The number of hydrogen-bond acceptors (Lipinski definition) is 6. The van der Waals surface area contributed by atoms with Gasteiger partial charge in [-0.25, -0.2) is 13.6 Å². The number of carbonyl (C=O) groups is 2. The molecule has 0 fully saturated rings. The number of esters is 1. The fourth-order valence-corrected chi connectivity index (χ4v) is 4.89. The first-order valence-electron chi connectivity index (χ1n) is 9.91. The highest BCUT2D eigenvalue weighted by Gasteiger charge is 2.43. The second kappa shape index (κ2) is 8.92. The molecular formula is C24H17F2N3O3S. The predicted octanol–water partition coefficient (Wildman–Crippen LogP) is 4.15. The largest absolute Gasteiger partial charge is 0.463 e. The molecule has 0 radical (unpaired) electrons. The van der Waals surface area contributed by atoms with Crippen LogP contribution in [0, 0.1) is 23.0 Å². The van der Waals surface area contributed by atoms with E-state index in [0.717, 1.165) is 16.7 Å². The molecule has 0 spiro atoms. The molecule has 0 aromatic heterocycles. The Hall–Kier alpha value is -3.90. The van der Waals surface area contributed by atoms with Crippen LogP contribution in [0.3, 0.4) is 0 Å². The highest BCUT2D eigenvalue weighted by Crippen LogP contribution is 2.50. The van der Waals surface area contributed by atoms with Crippen LogP contribution >= 0.6 is 11.8 Å². The van der Waals surface area contributed by atoms with E-state index in [2.05, 4.69) is 0 Å². The Balaban J connectivity index is 1.94. The quantitative estimate of drug-likeness (QED) is 0.682. The summed E-state index contributed by atoms with van der Waals surface area (Å²) in [5.74, 6) is -3.30. The average Bonchev–Trinajstić information content (AvgIpc) is 2.79. The van der Waals surface area contributed by atoms with E-state index in [0.29, 0.717) is 16.0 Å². The number of rotatable bonds is 4. The van der Waals surface area contributed by atoms with E-state index in [1.54, 1.807) is 6.92 Å². The van der Waals surface area contributed by atoms with Gasteiger partial charge in [0.05, 0.1) is 29.7 Å². The molecule has 2 aliphatic rings. The number of nitrogens with two attached hydrogens (primary N) is 1. The van der Waals surface area contributed by atoms with E-state index in [1.807, 2.05) is 6.07 Å². The molecule has 2 aromatic rings. The van der Waals surface area contributed by atoms with Crippen molar-refractivity contribution in [3.63, 3.8) is 0 Å². The molecule has 1 atom stereocenters. The number of ether oxygens (including phenoxy) is 1. The van der Waals surface area contributed by atoms with Crippen molar-refractivity contribution < 1.29 is 23.1 Å². The lowest BCUT2D eigenvalue weighted by Crippen LogP contribution is -2.40. The summed E-state index contributed by atoms with van der Waals surface area (Å²) in [6.07, 6.45) is 1.31. The third-order valence-corrected chi connectivity index (χ3v) is 6.33. The molecule has 0 aliphatic carbocycles. The van der Waals surface area contributed by atoms with Crippen LogP contribution in [0.15, 0.2) is 76.6 Å². The molecular weight excluding hydrogens is 448 g/mol. The Morgan fingerprint density at radius 3 is 2.33 bits per heavy atom. The third-order valence-electron chi connectivity index (χ3n) is 5.16. The summed E-state index contributed by atoms with van der Waals surface area (Å²) in [6, 6.07) is 12.9. The second-order valence-electron chi connectivity index (χ2n) is 7.13. The van der Waals surface area contributed by atoms with Crippen LogP contribution in [0.1, 0.15) is 24.0 Å². The van der Waals surface area contributed by atoms with E-state index >= 15 is 0 Å². The van der Waals surface area contributed by atoms with Gasteiger partial charge in [-0.2, -0.15) is 5.26 Å². The molecule has 2 N–H and O–H groups in total. The van der Waals surface area contributed by atoms with Gasteiger partial charge in [0.25, 0.3) is 5.91 Å². The van der Waals surface area contributed by atoms with E-state index in [9.17, 15) is 23.6 Å². The van der Waals surface area contributed by atoms with Crippen LogP contribution < -0.4 is 5.73 Å². The molecule has 1 unspecified atom stereocenters. The topological polar surface area (TPSA) is 96.4 Å². The Bertz CT molecular complexity index is 1280. The van der Waals surface area contributed by atoms with Gasteiger partial charge >= 0.3 is 5.97 Å². The summed E-state index contributed by atoms with van der Waals surface area (Å²) < 4.78 is 32.2. The van der Waals surface area contributed by atoms with E-state index in [-0.39, 0.29) is 28.6 Å². The van der Waals surface area contributed by atoms with Crippen molar-refractivity contribution in [3.8, 4) is 6.07 Å². The molecule has 0 saturated heterocycles. The molecule has 1 amide bonds. The molecule has 2 aliphatic heterocycles. The number of hydrogen-bond donors (Lipinski definition) is 1. The van der Waals surface area contributed by atoms with Crippen LogP contribution in [0.4, 0.5) is 8.78 Å². The third kappa shape index (κ3) is 4.01. The standard InChI is InChI=1S/C24H17F2N3O3S/c1-2-32-24(31)21-20(14-5-9-16(26)10-6-14)17(12-27)22(28)29-19(30)11-18(33-23(21)29)13-3-7-15(25)8-4-13/h3-11,20H,2,28H2,1H3. The molecule has 2 aromatic carbocycles. The number of amides is 1. The number of halogens is 2. The fraction of sp³-hybridized carbons (Fsp3) is 0.125. The Labute approximate surface area is 192 Å². The Morgan fingerprint density at radius 1 is 1.15 bits per heavy atom. The van der Waals surface area contributed by atoms with Gasteiger partial charge in [0.1, 0.15) is 22.5 Å². The van der Waals surface area contributed by atoms with Crippen LogP contribution in [0.2, 0.25) is 0 Å². The highest BCUT2D eigenvalue weighted by molar-refractivity contribution is 8.11. The van der Waals surface area contributed by atoms with Gasteiger partial charge in [0.15, 0.2) is 0 Å². The first kappa shape index (κ1) is 22.3. The molecule has 6 nitrogen and oxygen atoms in total. The highest BCUT2D eigenvalue weighted by atomic mass is 32.2. The van der Waals surface area contributed by atoms with Gasteiger partial charge in [-0.1, -0.05) is 36.0 Å². The maximum absolute atomic E-state index is 13.6. The second-order valence-corrected chi connectivity index (χ2v) is 8.16. The monoisotopic (exact) mass is 465 g/mol. The normalized spacial score (nSPS) is 18.0. The minimum atomic E-state index is -0.964. The van der Waals surface area contributed by atoms with Crippen LogP contribution in [0.25, 0.3) is 4.91 Å². The van der Waals surface area contributed by atoms with Crippen molar-refractivity contribution in [1.29, 1.82) is 5.26 Å². The Kier molecular flexibility index (Phi) is 6.03. The summed E-state index contributed by atoms with van der Waals surface area (Å²) in [7, 11) is 0. The van der Waals surface area contributed by atoms with Crippen LogP contribution in [0.5, 0.6) is 0 Å². The maximum atomic E-state index is 13.6. The minimum Gasteiger partial charge on any atom is -0.463 e. The lowest BCUT2D eigenvalue weighted by Gasteiger charge is -2.37. The van der Waals surface area contributed by atoms with Gasteiger partial charge in [0.2, 0.25) is 0 Å². The van der Waals surface area contributed by atoms with Crippen molar-refractivity contribution in [2.24, 2.45) is 5.73 Å². The summed E-state index contributed by atoms with van der Waals surface area (Å²) >= 11 is 1.08. The van der Waals surface area contributed by atoms with Gasteiger partial charge in [0, 0.05) is 11.0 Å². The van der Waals surface area contributed by atoms with Crippen LogP contribution in [-0.2, 0) is 14.3 Å². The van der Waals surface area contributed by atoms with Crippen molar-refractivity contribution in [1.82, 2.24) is 4.90 Å². The number of nitrogens with zero attached hydrogens (tertiary/aromatic N) is 2. The van der Waals surface area contributed by atoms with Crippen molar-refractivity contribution in [2.45, 2.75) is 12.8 Å².